The summed E-state index contributed by atoms with van der Waals surface area (Å²) in [5.74, 6) is -0.183. The summed E-state index contributed by atoms with van der Waals surface area (Å²) in [6.07, 6.45) is 8.36. The standard InChI is InChI=1S/C70H42N12/c1-36-62-70-69-58-35-71-63-40-17-18-41(64(63)72-36)47-24-30-53(74-47)60(38-13-7-3-8-14-38)56-33-27-50(77-56)44-21-22-45(68(82-70)67(44)80-62)51-28-34-57(78-51)61(39-15-9-4-10-16-39)55-32-26-49(76-55)43-20-19-42(65(79-58)66(43)81-69)48-25-31-54(75-48)59(37-11-5-2-6-12-37)52-29-23-46(40)73-52/h2-34,59,73-75,78H,1,35H2. The number of hydrogen-bond donors (Lipinski definition) is 4. The zero-order chi connectivity index (χ0) is 53.7. The highest BCUT2D eigenvalue weighted by atomic mass is 14.9. The lowest BCUT2D eigenvalue weighted by atomic mass is 9.93. The monoisotopic (exact) mass is 1050 g/mol. The molecule has 1 unspecified atom stereocenters. The Balaban J connectivity index is 1.11. The number of hydrogen-bond acceptors (Lipinski definition) is 8. The summed E-state index contributed by atoms with van der Waals surface area (Å²) < 4.78 is 0. The summed E-state index contributed by atoms with van der Waals surface area (Å²) in [5, 5.41) is 4.33. The number of benzene rings is 6. The molecular weight excluding hydrogens is 1010 g/mol. The molecule has 18 rings (SSSR count). The minimum absolute atomic E-state index is 0.117. The quantitative estimate of drug-likeness (QED) is 0.137. The molecule has 8 aromatic heterocycles. The Morgan fingerprint density at radius 1 is 0.354 bits per heavy atom. The zero-order valence-corrected chi connectivity index (χ0v) is 43.6. The average Bonchev–Trinajstić information content (AvgIpc) is 3.02. The predicted octanol–water partition coefficient (Wildman–Crippen LogP) is 14.5. The molecule has 12 nitrogen and oxygen atoms in total. The van der Waals surface area contributed by atoms with Crippen LogP contribution in [0.15, 0.2) is 181 Å². The third kappa shape index (κ3) is 6.60. The first kappa shape index (κ1) is 44.7. The van der Waals surface area contributed by atoms with Gasteiger partial charge >= 0.3 is 0 Å². The van der Waals surface area contributed by atoms with Gasteiger partial charge in [0.1, 0.15) is 16.6 Å². The second kappa shape index (κ2) is 16.9. The molecule has 382 valence electrons. The largest absolute Gasteiger partial charge is 0.358 e. The predicted molar refractivity (Wildman–Crippen MR) is 330 cm³/mol. The van der Waals surface area contributed by atoms with Crippen molar-refractivity contribution in [3.63, 3.8) is 0 Å². The van der Waals surface area contributed by atoms with Crippen LogP contribution in [-0.2, 0) is 6.54 Å². The molecule has 4 N–H and O–H groups in total. The Morgan fingerprint density at radius 3 is 1.51 bits per heavy atom. The van der Waals surface area contributed by atoms with Gasteiger partial charge in [0.15, 0.2) is 0 Å². The van der Waals surface area contributed by atoms with Gasteiger partial charge in [-0.1, -0.05) is 97.6 Å². The highest BCUT2D eigenvalue weighted by molar-refractivity contribution is 6.15. The molecule has 6 aromatic carbocycles. The SMILES string of the molecule is C=c1nc2c3c4ccc2c2ccc([nH]2)c(-c2ccccc2)c2nc(c5ccc6c7ccc([nH]7)c(-c7ccccc7)c7nc(c8ccc(c9nc(c(nc89)c8nc6c5nc18)CN=3)-c1ccc([nH]1)C(c1ccccc1)c1ccc-4[nH]1)C=C7)C=C2. The van der Waals surface area contributed by atoms with Gasteiger partial charge in [0.2, 0.25) is 0 Å². The fourth-order valence-corrected chi connectivity index (χ4v) is 12.9. The van der Waals surface area contributed by atoms with Crippen LogP contribution >= 0.6 is 0 Å². The van der Waals surface area contributed by atoms with Crippen LogP contribution in [0, 0.1) is 0 Å². The number of fused-ring (bicyclic) bond motifs is 20. The Bertz CT molecular complexity index is 5580. The fraction of sp³-hybridized carbons (Fsp3) is 0.0286. The summed E-state index contributed by atoms with van der Waals surface area (Å²) in [4.78, 5) is 61.1. The van der Waals surface area contributed by atoms with Crippen molar-refractivity contribution < 1.29 is 0 Å². The van der Waals surface area contributed by atoms with Gasteiger partial charge in [-0.05, 0) is 126 Å². The molecule has 12 heterocycles. The summed E-state index contributed by atoms with van der Waals surface area (Å²) in [5.41, 5.74) is 22.6. The van der Waals surface area contributed by atoms with Crippen LogP contribution < -0.4 is 10.7 Å². The maximum atomic E-state index is 5.83. The molecular formula is C70H42N12. The van der Waals surface area contributed by atoms with Crippen molar-refractivity contribution in [3.05, 3.63) is 232 Å². The third-order valence-electron chi connectivity index (χ3n) is 16.7. The number of aromatic amines is 4. The lowest BCUT2D eigenvalue weighted by Gasteiger charge is -2.16. The van der Waals surface area contributed by atoms with E-state index in [9.17, 15) is 0 Å². The van der Waals surface area contributed by atoms with E-state index in [1.807, 2.05) is 12.1 Å². The van der Waals surface area contributed by atoms with Crippen molar-refractivity contribution in [2.45, 2.75) is 12.5 Å². The highest BCUT2D eigenvalue weighted by Gasteiger charge is 2.26. The highest BCUT2D eigenvalue weighted by Crippen LogP contribution is 2.41. The van der Waals surface area contributed by atoms with Crippen LogP contribution in [0.2, 0.25) is 0 Å². The average molecular weight is 1050 g/mol. The van der Waals surface area contributed by atoms with Gasteiger partial charge < -0.3 is 19.9 Å². The zero-order valence-electron chi connectivity index (χ0n) is 43.6. The molecule has 82 heavy (non-hydrogen) atoms. The first-order valence-electron chi connectivity index (χ1n) is 27.4. The Kier molecular flexibility index (Phi) is 9.21. The van der Waals surface area contributed by atoms with Crippen molar-refractivity contribution in [1.29, 1.82) is 0 Å². The molecule has 0 aliphatic carbocycles. The number of rotatable bonds is 3. The van der Waals surface area contributed by atoms with Gasteiger partial charge in [0.25, 0.3) is 0 Å². The van der Waals surface area contributed by atoms with E-state index >= 15 is 0 Å². The van der Waals surface area contributed by atoms with Crippen LogP contribution in [0.3, 0.4) is 0 Å². The Labute approximate surface area is 465 Å². The maximum Gasteiger partial charge on any atom is 0.119 e. The molecule has 0 saturated heterocycles. The van der Waals surface area contributed by atoms with Crippen molar-refractivity contribution in [2.75, 3.05) is 0 Å². The first-order chi connectivity index (χ1) is 40.5. The van der Waals surface area contributed by atoms with Crippen LogP contribution in [0.4, 0.5) is 0 Å². The van der Waals surface area contributed by atoms with Crippen LogP contribution in [0.1, 0.15) is 51.3 Å². The molecule has 0 radical (unpaired) electrons. The number of nitrogens with one attached hydrogen (secondary N) is 4. The lowest BCUT2D eigenvalue weighted by Crippen LogP contribution is -2.16. The van der Waals surface area contributed by atoms with E-state index in [0.717, 1.165) is 128 Å². The second-order valence-corrected chi connectivity index (χ2v) is 21.4. The topological polar surface area (TPSA) is 166 Å². The molecule has 0 fully saturated rings. The van der Waals surface area contributed by atoms with Gasteiger partial charge in [0, 0.05) is 88.6 Å². The summed E-state index contributed by atoms with van der Waals surface area (Å²) >= 11 is 0. The Morgan fingerprint density at radius 2 is 0.854 bits per heavy atom. The van der Waals surface area contributed by atoms with E-state index in [1.165, 1.54) is 0 Å². The molecule has 0 amide bonds. The van der Waals surface area contributed by atoms with E-state index in [-0.39, 0.29) is 12.5 Å². The van der Waals surface area contributed by atoms with Gasteiger partial charge in [-0.25, -0.2) is 34.9 Å². The number of aromatic nitrogens is 11. The molecule has 4 aliphatic rings. The fourth-order valence-electron chi connectivity index (χ4n) is 12.9. The first-order valence-corrected chi connectivity index (χ1v) is 27.4. The molecule has 12 heteroatoms. The minimum Gasteiger partial charge on any atom is -0.358 e. The van der Waals surface area contributed by atoms with Crippen LogP contribution in [0.5, 0.6) is 0 Å². The van der Waals surface area contributed by atoms with Gasteiger partial charge in [0.05, 0.1) is 79.2 Å². The molecule has 0 saturated carbocycles. The van der Waals surface area contributed by atoms with Crippen molar-refractivity contribution >= 4 is 119 Å². The smallest absolute Gasteiger partial charge is 0.119 e. The van der Waals surface area contributed by atoms with Crippen molar-refractivity contribution in [1.82, 2.24) is 54.8 Å². The summed E-state index contributed by atoms with van der Waals surface area (Å²) in [6, 6.07) is 61.4. The van der Waals surface area contributed by atoms with Gasteiger partial charge in [-0.15, -0.1) is 0 Å². The van der Waals surface area contributed by atoms with Crippen molar-refractivity contribution in [2.24, 2.45) is 4.99 Å². The maximum absolute atomic E-state index is 5.83. The molecule has 0 spiro atoms. The lowest BCUT2D eigenvalue weighted by molar-refractivity contribution is 0.900. The summed E-state index contributed by atoms with van der Waals surface area (Å²) in [7, 11) is 0. The molecule has 1 atom stereocenters. The van der Waals surface area contributed by atoms with E-state index in [0.29, 0.717) is 60.5 Å². The number of H-pyrrole nitrogens is 4. The van der Waals surface area contributed by atoms with Crippen LogP contribution in [-0.4, -0.2) is 54.8 Å². The van der Waals surface area contributed by atoms with Crippen molar-refractivity contribution in [3.8, 4) is 44.8 Å². The van der Waals surface area contributed by atoms with Gasteiger partial charge in [-0.3, -0.25) is 4.99 Å². The van der Waals surface area contributed by atoms with E-state index < -0.39 is 0 Å². The normalized spacial score (nSPS) is 14.0. The minimum atomic E-state index is -0.183. The number of nitrogens with zero attached hydrogens (tertiary/aromatic N) is 8. The molecule has 14 aromatic rings. The summed E-state index contributed by atoms with van der Waals surface area (Å²) in [6.45, 7) is 4.95. The Hall–Kier alpha value is -11.2. The molecule has 22 bridgehead atoms. The second-order valence-electron chi connectivity index (χ2n) is 21.4. The van der Waals surface area contributed by atoms with E-state index in [4.69, 9.17) is 46.5 Å². The van der Waals surface area contributed by atoms with E-state index in [2.05, 4.69) is 208 Å². The van der Waals surface area contributed by atoms with E-state index in [1.54, 1.807) is 0 Å². The van der Waals surface area contributed by atoms with Crippen LogP contribution in [0.25, 0.3) is 163 Å². The van der Waals surface area contributed by atoms with Gasteiger partial charge in [-0.2, -0.15) is 0 Å². The third-order valence-corrected chi connectivity index (χ3v) is 16.7. The molecule has 4 aliphatic heterocycles.